The van der Waals surface area contributed by atoms with Gasteiger partial charge in [0.2, 0.25) is 5.82 Å². The molecule has 0 fully saturated rings. The van der Waals surface area contributed by atoms with E-state index in [0.29, 0.717) is 23.2 Å². The van der Waals surface area contributed by atoms with Gasteiger partial charge in [0, 0.05) is 12.1 Å². The molecule has 2 heterocycles. The van der Waals surface area contributed by atoms with Gasteiger partial charge in [0.25, 0.3) is 5.71 Å². The molecule has 0 unspecified atom stereocenters. The van der Waals surface area contributed by atoms with E-state index < -0.39 is 5.97 Å². The number of rotatable bonds is 6. The third-order valence-corrected chi connectivity index (χ3v) is 4.28. The molecule has 0 bridgehead atoms. The van der Waals surface area contributed by atoms with Crippen LogP contribution in [0.15, 0.2) is 53.1 Å². The Kier molecular flexibility index (Phi) is 5.34. The quantitative estimate of drug-likeness (QED) is 0.473. The topological polar surface area (TPSA) is 90.1 Å². The number of carbonyl (C=O) groups excluding carboxylic acids is 1. The number of nitrogens with one attached hydrogen (secondary N) is 1. The van der Waals surface area contributed by atoms with E-state index in [1.54, 1.807) is 31.2 Å². The molecule has 2 aromatic carbocycles. The number of ether oxygens (including phenoxy) is 1. The smallest absolute Gasteiger partial charge is 0.376 e. The van der Waals surface area contributed by atoms with Gasteiger partial charge in [0.1, 0.15) is 28.5 Å². The lowest BCUT2D eigenvalue weighted by Gasteiger charge is -2.09. The van der Waals surface area contributed by atoms with Crippen LogP contribution >= 0.6 is 0 Å². The summed E-state index contributed by atoms with van der Waals surface area (Å²) in [5.74, 6) is -1.34. The Morgan fingerprint density at radius 1 is 1.03 bits per heavy atom. The number of anilines is 1. The summed E-state index contributed by atoms with van der Waals surface area (Å²) in [6.45, 7) is 2.13. The molecule has 0 saturated carbocycles. The van der Waals surface area contributed by atoms with Gasteiger partial charge in [0.05, 0.1) is 6.61 Å². The standard InChI is InChI=1S/C21H16F2N4O3/c1-2-29-21(28)19-25-18(24-11-12-3-7-14(22)8-4-12)16-17(27-30-20(16)26-19)13-5-9-15(23)10-6-13/h3-10H,2,11H2,1H3,(H,24,25,26). The number of hydrogen-bond donors (Lipinski definition) is 1. The maximum atomic E-state index is 13.3. The van der Waals surface area contributed by atoms with Gasteiger partial charge in [-0.3, -0.25) is 0 Å². The van der Waals surface area contributed by atoms with Crippen molar-refractivity contribution >= 4 is 22.9 Å². The molecule has 0 aliphatic rings. The van der Waals surface area contributed by atoms with Gasteiger partial charge < -0.3 is 14.6 Å². The number of benzene rings is 2. The fourth-order valence-electron chi connectivity index (χ4n) is 2.86. The number of carbonyl (C=O) groups is 1. The van der Waals surface area contributed by atoms with Crippen LogP contribution in [-0.4, -0.2) is 27.7 Å². The van der Waals surface area contributed by atoms with Gasteiger partial charge in [-0.25, -0.2) is 18.6 Å². The molecule has 7 nitrogen and oxygen atoms in total. The van der Waals surface area contributed by atoms with Crippen LogP contribution in [0, 0.1) is 11.6 Å². The molecule has 1 N–H and O–H groups in total. The third kappa shape index (κ3) is 3.95. The van der Waals surface area contributed by atoms with Crippen LogP contribution in [0.1, 0.15) is 23.1 Å². The van der Waals surface area contributed by atoms with Crippen LogP contribution in [-0.2, 0) is 11.3 Å². The first-order valence-electron chi connectivity index (χ1n) is 9.14. The van der Waals surface area contributed by atoms with Crippen molar-refractivity contribution in [3.05, 3.63) is 71.6 Å². The average molecular weight is 410 g/mol. The van der Waals surface area contributed by atoms with E-state index >= 15 is 0 Å². The van der Waals surface area contributed by atoms with Gasteiger partial charge in [-0.05, 0) is 48.9 Å². The number of halogens is 2. The number of nitrogens with zero attached hydrogens (tertiary/aromatic N) is 3. The SMILES string of the molecule is CCOC(=O)c1nc(NCc2ccc(F)cc2)c2c(-c3ccc(F)cc3)noc2n1. The first-order chi connectivity index (χ1) is 14.5. The zero-order valence-corrected chi connectivity index (χ0v) is 15.9. The fourth-order valence-corrected chi connectivity index (χ4v) is 2.86. The molecular formula is C21H16F2N4O3. The normalized spacial score (nSPS) is 10.9. The Hall–Kier alpha value is -3.88. The van der Waals surface area contributed by atoms with Crippen molar-refractivity contribution < 1.29 is 22.8 Å². The third-order valence-electron chi connectivity index (χ3n) is 4.28. The highest BCUT2D eigenvalue weighted by molar-refractivity contribution is 5.99. The molecule has 30 heavy (non-hydrogen) atoms. The number of aromatic nitrogens is 3. The summed E-state index contributed by atoms with van der Waals surface area (Å²) in [5, 5.41) is 7.57. The van der Waals surface area contributed by atoms with E-state index in [4.69, 9.17) is 9.26 Å². The van der Waals surface area contributed by atoms with Crippen LogP contribution in [0.5, 0.6) is 0 Å². The largest absolute Gasteiger partial charge is 0.460 e. The predicted molar refractivity (Wildman–Crippen MR) is 105 cm³/mol. The fraction of sp³-hybridized carbons (Fsp3) is 0.143. The summed E-state index contributed by atoms with van der Waals surface area (Å²) in [6, 6.07) is 11.7. The zero-order valence-electron chi connectivity index (χ0n) is 15.9. The maximum Gasteiger partial charge on any atom is 0.376 e. The van der Waals surface area contributed by atoms with E-state index in [-0.39, 0.29) is 35.6 Å². The minimum atomic E-state index is -0.705. The second kappa shape index (κ2) is 8.24. The van der Waals surface area contributed by atoms with Crippen LogP contribution in [0.25, 0.3) is 22.4 Å². The van der Waals surface area contributed by atoms with Crippen molar-refractivity contribution in [1.82, 2.24) is 15.1 Å². The van der Waals surface area contributed by atoms with Gasteiger partial charge in [-0.15, -0.1) is 0 Å². The average Bonchev–Trinajstić information content (AvgIpc) is 3.18. The lowest BCUT2D eigenvalue weighted by atomic mass is 10.1. The summed E-state index contributed by atoms with van der Waals surface area (Å²) < 4.78 is 36.8. The maximum absolute atomic E-state index is 13.3. The predicted octanol–water partition coefficient (Wildman–Crippen LogP) is 4.35. The molecule has 0 saturated heterocycles. The molecule has 9 heteroatoms. The van der Waals surface area contributed by atoms with Crippen molar-refractivity contribution in [1.29, 1.82) is 0 Å². The molecule has 2 aromatic heterocycles. The molecule has 152 valence electrons. The Labute approximate surface area is 169 Å². The van der Waals surface area contributed by atoms with Gasteiger partial charge in [0.15, 0.2) is 0 Å². The van der Waals surface area contributed by atoms with Gasteiger partial charge in [-0.2, -0.15) is 4.98 Å². The van der Waals surface area contributed by atoms with Crippen LogP contribution < -0.4 is 5.32 Å². The Morgan fingerprint density at radius 2 is 1.70 bits per heavy atom. The van der Waals surface area contributed by atoms with Gasteiger partial charge in [-0.1, -0.05) is 17.3 Å². The first kappa shape index (κ1) is 19.4. The molecule has 0 radical (unpaired) electrons. The summed E-state index contributed by atoms with van der Waals surface area (Å²) >= 11 is 0. The summed E-state index contributed by atoms with van der Waals surface area (Å²) in [7, 11) is 0. The van der Waals surface area contributed by atoms with Crippen molar-refractivity contribution in [2.24, 2.45) is 0 Å². The molecule has 0 aliphatic carbocycles. The number of fused-ring (bicyclic) bond motifs is 1. The molecule has 0 amide bonds. The number of hydrogen-bond acceptors (Lipinski definition) is 7. The van der Waals surface area contributed by atoms with E-state index in [2.05, 4.69) is 20.4 Å². The highest BCUT2D eigenvalue weighted by atomic mass is 19.1. The summed E-state index contributed by atoms with van der Waals surface area (Å²) in [4.78, 5) is 20.5. The van der Waals surface area contributed by atoms with Crippen LogP contribution in [0.4, 0.5) is 14.6 Å². The second-order valence-electron chi connectivity index (χ2n) is 6.31. The zero-order chi connectivity index (χ0) is 21.1. The van der Waals surface area contributed by atoms with E-state index in [1.807, 2.05) is 0 Å². The van der Waals surface area contributed by atoms with Crippen LogP contribution in [0.3, 0.4) is 0 Å². The van der Waals surface area contributed by atoms with Crippen molar-refractivity contribution in [2.75, 3.05) is 11.9 Å². The molecule has 0 atom stereocenters. The lowest BCUT2D eigenvalue weighted by molar-refractivity contribution is 0.0512. The Morgan fingerprint density at radius 3 is 2.37 bits per heavy atom. The second-order valence-corrected chi connectivity index (χ2v) is 6.31. The summed E-state index contributed by atoms with van der Waals surface area (Å²) in [5.41, 5.74) is 1.85. The van der Waals surface area contributed by atoms with E-state index in [1.165, 1.54) is 24.3 Å². The lowest BCUT2D eigenvalue weighted by Crippen LogP contribution is -2.12. The first-order valence-corrected chi connectivity index (χ1v) is 9.14. The van der Waals surface area contributed by atoms with Crippen molar-refractivity contribution in [2.45, 2.75) is 13.5 Å². The highest BCUT2D eigenvalue weighted by Gasteiger charge is 2.22. The van der Waals surface area contributed by atoms with Crippen molar-refractivity contribution in [3.63, 3.8) is 0 Å². The highest BCUT2D eigenvalue weighted by Crippen LogP contribution is 2.32. The number of esters is 1. The Bertz CT molecular complexity index is 1190. The van der Waals surface area contributed by atoms with E-state index in [0.717, 1.165) is 5.56 Å². The van der Waals surface area contributed by atoms with Crippen molar-refractivity contribution in [3.8, 4) is 11.3 Å². The monoisotopic (exact) mass is 410 g/mol. The minimum Gasteiger partial charge on any atom is -0.460 e. The minimum absolute atomic E-state index is 0.0778. The van der Waals surface area contributed by atoms with Gasteiger partial charge >= 0.3 is 5.97 Å². The molecule has 4 aromatic rings. The molecular weight excluding hydrogens is 394 g/mol. The molecule has 4 rings (SSSR count). The summed E-state index contributed by atoms with van der Waals surface area (Å²) in [6.07, 6.45) is 0. The molecule has 0 aliphatic heterocycles. The molecule has 0 spiro atoms. The Balaban J connectivity index is 1.78. The van der Waals surface area contributed by atoms with Crippen LogP contribution in [0.2, 0.25) is 0 Å². The van der Waals surface area contributed by atoms with E-state index in [9.17, 15) is 13.6 Å².